The second-order valence-electron chi connectivity index (χ2n) is 4.14. The normalized spacial score (nSPS) is 19.6. The van der Waals surface area contributed by atoms with E-state index >= 15 is 0 Å². The molecule has 84 valence electrons. The maximum Gasteiger partial charge on any atom is 0.224 e. The van der Waals surface area contributed by atoms with Crippen LogP contribution in [0.1, 0.15) is 34.1 Å². The van der Waals surface area contributed by atoms with Gasteiger partial charge in [0.15, 0.2) is 0 Å². The summed E-state index contributed by atoms with van der Waals surface area (Å²) < 4.78 is 0. The van der Waals surface area contributed by atoms with E-state index in [4.69, 9.17) is 10.8 Å². The molecule has 0 aromatic heterocycles. The number of hydrogen-bond donors (Lipinski definition) is 3. The second-order valence-corrected chi connectivity index (χ2v) is 4.14. The summed E-state index contributed by atoms with van der Waals surface area (Å²) >= 11 is 0. The Bertz CT molecular complexity index is 181. The average Bonchev–Trinajstić information content (AvgIpc) is 2.00. The molecule has 4 N–H and O–H groups in total. The van der Waals surface area contributed by atoms with Crippen LogP contribution in [0, 0.1) is 5.92 Å². The standard InChI is InChI=1S/C10H22N2O2/c1-6(5-7(2)13)12-10(14)8(3)9(4)11/h6-9,13H,5,11H2,1-4H3,(H,12,14). The van der Waals surface area contributed by atoms with Crippen LogP contribution in [0.3, 0.4) is 0 Å². The third-order valence-electron chi connectivity index (χ3n) is 2.29. The Kier molecular flexibility index (Phi) is 5.72. The van der Waals surface area contributed by atoms with Gasteiger partial charge in [0.1, 0.15) is 0 Å². The lowest BCUT2D eigenvalue weighted by Gasteiger charge is -2.20. The Morgan fingerprint density at radius 2 is 1.86 bits per heavy atom. The third-order valence-corrected chi connectivity index (χ3v) is 2.29. The zero-order valence-corrected chi connectivity index (χ0v) is 9.45. The van der Waals surface area contributed by atoms with E-state index in [0.717, 1.165) is 0 Å². The first-order valence-corrected chi connectivity index (χ1v) is 5.08. The number of carbonyl (C=O) groups excluding carboxylic acids is 1. The van der Waals surface area contributed by atoms with Gasteiger partial charge in [0, 0.05) is 18.0 Å². The van der Waals surface area contributed by atoms with Crippen LogP contribution in [0.2, 0.25) is 0 Å². The average molecular weight is 202 g/mol. The van der Waals surface area contributed by atoms with Crippen LogP contribution in [0.4, 0.5) is 0 Å². The highest BCUT2D eigenvalue weighted by molar-refractivity contribution is 5.79. The van der Waals surface area contributed by atoms with Crippen LogP contribution in [0.5, 0.6) is 0 Å². The number of aliphatic hydroxyl groups is 1. The molecule has 0 saturated heterocycles. The molecule has 14 heavy (non-hydrogen) atoms. The predicted octanol–water partition coefficient (Wildman–Crippen LogP) is 0.245. The number of rotatable bonds is 5. The third kappa shape index (κ3) is 5.19. The quantitative estimate of drug-likeness (QED) is 0.598. The van der Waals surface area contributed by atoms with Gasteiger partial charge in [-0.05, 0) is 27.2 Å². The van der Waals surface area contributed by atoms with Crippen molar-refractivity contribution >= 4 is 5.91 Å². The monoisotopic (exact) mass is 202 g/mol. The first-order valence-electron chi connectivity index (χ1n) is 5.08. The van der Waals surface area contributed by atoms with Crippen LogP contribution in [0.25, 0.3) is 0 Å². The van der Waals surface area contributed by atoms with E-state index in [1.165, 1.54) is 0 Å². The van der Waals surface area contributed by atoms with Gasteiger partial charge in [0.05, 0.1) is 6.10 Å². The number of hydrogen-bond acceptors (Lipinski definition) is 3. The molecule has 0 saturated carbocycles. The SMILES string of the molecule is CC(O)CC(C)NC(=O)C(C)C(C)N. The van der Waals surface area contributed by atoms with E-state index in [1.54, 1.807) is 13.8 Å². The summed E-state index contributed by atoms with van der Waals surface area (Å²) in [6, 6.07) is -0.155. The van der Waals surface area contributed by atoms with Gasteiger partial charge >= 0.3 is 0 Å². The molecule has 0 heterocycles. The highest BCUT2D eigenvalue weighted by Gasteiger charge is 2.18. The molecular formula is C10H22N2O2. The van der Waals surface area contributed by atoms with E-state index in [2.05, 4.69) is 5.32 Å². The van der Waals surface area contributed by atoms with E-state index < -0.39 is 6.10 Å². The van der Waals surface area contributed by atoms with Crippen LogP contribution >= 0.6 is 0 Å². The number of aliphatic hydroxyl groups excluding tert-OH is 1. The molecule has 0 aliphatic rings. The molecule has 0 aromatic carbocycles. The lowest BCUT2D eigenvalue weighted by atomic mass is 10.0. The highest BCUT2D eigenvalue weighted by Crippen LogP contribution is 2.02. The van der Waals surface area contributed by atoms with Crippen molar-refractivity contribution < 1.29 is 9.90 Å². The van der Waals surface area contributed by atoms with Crippen molar-refractivity contribution in [2.45, 2.75) is 52.3 Å². The minimum absolute atomic E-state index is 0.0105. The molecule has 4 heteroatoms. The molecule has 1 amide bonds. The van der Waals surface area contributed by atoms with Crippen molar-refractivity contribution in [1.82, 2.24) is 5.32 Å². The van der Waals surface area contributed by atoms with E-state index in [-0.39, 0.29) is 23.9 Å². The van der Waals surface area contributed by atoms with Crippen LogP contribution in [0.15, 0.2) is 0 Å². The molecule has 0 aromatic rings. The van der Waals surface area contributed by atoms with Crippen LogP contribution < -0.4 is 11.1 Å². The van der Waals surface area contributed by atoms with Gasteiger partial charge in [-0.15, -0.1) is 0 Å². The molecule has 0 spiro atoms. The molecule has 0 rings (SSSR count). The molecule has 0 bridgehead atoms. The van der Waals surface area contributed by atoms with Crippen molar-refractivity contribution in [2.75, 3.05) is 0 Å². The van der Waals surface area contributed by atoms with Gasteiger partial charge in [-0.3, -0.25) is 4.79 Å². The largest absolute Gasteiger partial charge is 0.393 e. The molecular weight excluding hydrogens is 180 g/mol. The molecule has 0 fully saturated rings. The summed E-state index contributed by atoms with van der Waals surface area (Å²) in [5.74, 6) is -0.236. The minimum atomic E-state index is -0.393. The molecule has 0 radical (unpaired) electrons. The summed E-state index contributed by atoms with van der Waals surface area (Å²) in [4.78, 5) is 11.5. The molecule has 4 atom stereocenters. The maximum absolute atomic E-state index is 11.5. The number of nitrogens with one attached hydrogen (secondary N) is 1. The van der Waals surface area contributed by atoms with Crippen molar-refractivity contribution in [3.63, 3.8) is 0 Å². The fourth-order valence-corrected chi connectivity index (χ4v) is 1.18. The van der Waals surface area contributed by atoms with Gasteiger partial charge in [-0.25, -0.2) is 0 Å². The predicted molar refractivity (Wildman–Crippen MR) is 56.7 cm³/mol. The van der Waals surface area contributed by atoms with Crippen LogP contribution in [-0.2, 0) is 4.79 Å². The van der Waals surface area contributed by atoms with Crippen LogP contribution in [-0.4, -0.2) is 29.2 Å². The Morgan fingerprint density at radius 1 is 1.36 bits per heavy atom. The topological polar surface area (TPSA) is 75.3 Å². The molecule has 4 unspecified atom stereocenters. The van der Waals surface area contributed by atoms with Crippen molar-refractivity contribution in [3.05, 3.63) is 0 Å². The first kappa shape index (κ1) is 13.4. The van der Waals surface area contributed by atoms with Crippen molar-refractivity contribution in [1.29, 1.82) is 0 Å². The summed E-state index contributed by atoms with van der Waals surface area (Å²) in [5.41, 5.74) is 5.60. The fourth-order valence-electron chi connectivity index (χ4n) is 1.18. The lowest BCUT2D eigenvalue weighted by molar-refractivity contribution is -0.125. The van der Waals surface area contributed by atoms with E-state index in [1.807, 2.05) is 13.8 Å². The summed E-state index contributed by atoms with van der Waals surface area (Å²) in [6.07, 6.45) is 0.174. The van der Waals surface area contributed by atoms with Crippen molar-refractivity contribution in [2.24, 2.45) is 11.7 Å². The van der Waals surface area contributed by atoms with Gasteiger partial charge in [0.25, 0.3) is 0 Å². The summed E-state index contributed by atoms with van der Waals surface area (Å²) in [7, 11) is 0. The Hall–Kier alpha value is -0.610. The minimum Gasteiger partial charge on any atom is -0.393 e. The highest BCUT2D eigenvalue weighted by atomic mass is 16.3. The number of carbonyl (C=O) groups is 1. The smallest absolute Gasteiger partial charge is 0.224 e. The molecule has 4 nitrogen and oxygen atoms in total. The van der Waals surface area contributed by atoms with E-state index in [9.17, 15) is 4.79 Å². The number of amides is 1. The van der Waals surface area contributed by atoms with Gasteiger partial charge < -0.3 is 16.2 Å². The summed E-state index contributed by atoms with van der Waals surface area (Å²) in [6.45, 7) is 7.19. The molecule has 0 aliphatic heterocycles. The van der Waals surface area contributed by atoms with Gasteiger partial charge in [0.2, 0.25) is 5.91 Å². The zero-order chi connectivity index (χ0) is 11.3. The number of nitrogens with two attached hydrogens (primary N) is 1. The zero-order valence-electron chi connectivity index (χ0n) is 9.45. The summed E-state index contributed by atoms with van der Waals surface area (Å²) in [5, 5.41) is 11.9. The molecule has 0 aliphatic carbocycles. The fraction of sp³-hybridized carbons (Fsp3) is 0.900. The second kappa shape index (κ2) is 5.98. The Labute approximate surface area is 85.9 Å². The van der Waals surface area contributed by atoms with Crippen molar-refractivity contribution in [3.8, 4) is 0 Å². The van der Waals surface area contributed by atoms with E-state index in [0.29, 0.717) is 6.42 Å². The van der Waals surface area contributed by atoms with Gasteiger partial charge in [-0.2, -0.15) is 0 Å². The lowest BCUT2D eigenvalue weighted by Crippen LogP contribution is -2.43. The first-order chi connectivity index (χ1) is 6.34. The Morgan fingerprint density at radius 3 is 2.21 bits per heavy atom. The Balaban J connectivity index is 3.93. The maximum atomic E-state index is 11.5. The van der Waals surface area contributed by atoms with Gasteiger partial charge in [-0.1, -0.05) is 6.92 Å².